The van der Waals surface area contributed by atoms with Gasteiger partial charge < -0.3 is 19.1 Å². The Labute approximate surface area is 235 Å². The van der Waals surface area contributed by atoms with Crippen LogP contribution in [0.5, 0.6) is 5.75 Å². The fourth-order valence-electron chi connectivity index (χ4n) is 5.82. The Morgan fingerprint density at radius 2 is 1.95 bits per heavy atom. The highest BCUT2D eigenvalue weighted by Gasteiger charge is 2.39. The van der Waals surface area contributed by atoms with E-state index in [1.807, 2.05) is 45.2 Å². The maximum atomic E-state index is 12.8. The Morgan fingerprint density at radius 1 is 1.18 bits per heavy atom. The summed E-state index contributed by atoms with van der Waals surface area (Å²) in [6.07, 6.45) is 7.31. The van der Waals surface area contributed by atoms with Crippen LogP contribution in [-0.4, -0.2) is 84.1 Å². The van der Waals surface area contributed by atoms with Gasteiger partial charge in [-0.05, 0) is 57.2 Å². The van der Waals surface area contributed by atoms with Gasteiger partial charge in [0.1, 0.15) is 17.6 Å². The minimum atomic E-state index is -0.124. The number of rotatable bonds is 9. The molecule has 2 fully saturated rings. The van der Waals surface area contributed by atoms with Crippen molar-refractivity contribution in [3.05, 3.63) is 42.4 Å². The number of carbonyl (C=O) groups is 1. The Bertz CT molecular complexity index is 1350. The van der Waals surface area contributed by atoms with Gasteiger partial charge in [-0.15, -0.1) is 0 Å². The number of nitriles is 1. The van der Waals surface area contributed by atoms with Gasteiger partial charge in [0.2, 0.25) is 0 Å². The number of ether oxygens (including phenoxy) is 3. The van der Waals surface area contributed by atoms with Crippen LogP contribution in [0.3, 0.4) is 0 Å². The largest absolute Gasteiger partial charge is 0.492 e. The van der Waals surface area contributed by atoms with E-state index in [1.54, 1.807) is 16.9 Å². The van der Waals surface area contributed by atoms with Gasteiger partial charge >= 0.3 is 5.97 Å². The Morgan fingerprint density at radius 3 is 2.60 bits per heavy atom. The first-order chi connectivity index (χ1) is 19.4. The quantitative estimate of drug-likeness (QED) is 0.369. The molecule has 212 valence electrons. The summed E-state index contributed by atoms with van der Waals surface area (Å²) >= 11 is 0. The fourth-order valence-corrected chi connectivity index (χ4v) is 5.82. The van der Waals surface area contributed by atoms with E-state index < -0.39 is 0 Å². The minimum Gasteiger partial charge on any atom is -0.492 e. The minimum absolute atomic E-state index is 0.113. The number of carbonyl (C=O) groups excluding carboxylic acids is 1. The summed E-state index contributed by atoms with van der Waals surface area (Å²) < 4.78 is 18.5. The number of aromatic nitrogens is 3. The first kappa shape index (κ1) is 27.9. The van der Waals surface area contributed by atoms with Crippen molar-refractivity contribution >= 4 is 17.3 Å². The third-order valence-corrected chi connectivity index (χ3v) is 7.77. The molecule has 5 heterocycles. The molecule has 40 heavy (non-hydrogen) atoms. The van der Waals surface area contributed by atoms with Crippen molar-refractivity contribution in [1.29, 1.82) is 5.26 Å². The first-order valence-electron chi connectivity index (χ1n) is 14.1. The van der Waals surface area contributed by atoms with Gasteiger partial charge in [-0.1, -0.05) is 0 Å². The average Bonchev–Trinajstić information content (AvgIpc) is 3.36. The molecule has 3 aromatic heterocycles. The third-order valence-electron chi connectivity index (χ3n) is 7.77. The Kier molecular flexibility index (Phi) is 8.52. The molecule has 2 aliphatic rings. The Balaban J connectivity index is 1.33. The molecule has 0 spiro atoms. The zero-order chi connectivity index (χ0) is 28.1. The molecule has 2 saturated heterocycles. The second-order valence-electron chi connectivity index (χ2n) is 11.0. The third kappa shape index (κ3) is 6.21. The van der Waals surface area contributed by atoms with Crippen LogP contribution in [0.15, 0.2) is 36.8 Å². The lowest BCUT2D eigenvalue weighted by Gasteiger charge is -2.45. The number of nitrogens with zero attached hydrogens (tertiary/aromatic N) is 6. The molecule has 2 aliphatic heterocycles. The van der Waals surface area contributed by atoms with E-state index in [2.05, 4.69) is 21.0 Å². The highest BCUT2D eigenvalue weighted by molar-refractivity contribution is 5.85. The zero-order valence-electron chi connectivity index (χ0n) is 23.6. The van der Waals surface area contributed by atoms with Gasteiger partial charge in [0.05, 0.1) is 55.8 Å². The molecular formula is C30H38N6O4. The standard InChI is InChI=1S/C30H38N6O4/c1-4-39-25-15-26(29-24(17-31)19-33-36(29)20-25)23-5-6-27(32-18-23)35-9-7-30(8-10-35,16-28(37)40-22(2)3)21-34-11-13-38-14-12-34/h5-6,15,18-20,22H,4,7-14,16,21H2,1-3H3. The SMILES string of the molecule is CCOc1cc(-c2ccc(N3CCC(CC(=O)OC(C)C)(CN4CCOCC4)CC3)nc2)c2c(C#N)cnn2c1. The average molecular weight is 547 g/mol. The summed E-state index contributed by atoms with van der Waals surface area (Å²) in [6.45, 7) is 12.1. The number of hydrogen-bond acceptors (Lipinski definition) is 9. The molecule has 3 aromatic rings. The smallest absolute Gasteiger partial charge is 0.306 e. The van der Waals surface area contributed by atoms with Crippen LogP contribution in [0.25, 0.3) is 16.6 Å². The number of piperidine rings is 1. The van der Waals surface area contributed by atoms with Crippen LogP contribution in [0, 0.1) is 16.7 Å². The summed E-state index contributed by atoms with van der Waals surface area (Å²) in [6, 6.07) is 8.25. The summed E-state index contributed by atoms with van der Waals surface area (Å²) in [4.78, 5) is 22.3. The van der Waals surface area contributed by atoms with Crippen molar-refractivity contribution in [3.63, 3.8) is 0 Å². The topological polar surface area (TPSA) is 105 Å². The van der Waals surface area contributed by atoms with Crippen LogP contribution >= 0.6 is 0 Å². The van der Waals surface area contributed by atoms with Crippen LogP contribution in [0.4, 0.5) is 5.82 Å². The predicted molar refractivity (Wildman–Crippen MR) is 151 cm³/mol. The molecule has 0 amide bonds. The fraction of sp³-hybridized carbons (Fsp3) is 0.533. The van der Waals surface area contributed by atoms with E-state index in [0.29, 0.717) is 24.3 Å². The summed E-state index contributed by atoms with van der Waals surface area (Å²) in [5, 5.41) is 14.0. The highest BCUT2D eigenvalue weighted by atomic mass is 16.5. The zero-order valence-corrected chi connectivity index (χ0v) is 23.6. The first-order valence-corrected chi connectivity index (χ1v) is 14.1. The Hall–Kier alpha value is -3.68. The van der Waals surface area contributed by atoms with E-state index in [1.165, 1.54) is 0 Å². The molecule has 0 unspecified atom stereocenters. The second kappa shape index (κ2) is 12.2. The number of fused-ring (bicyclic) bond motifs is 1. The van der Waals surface area contributed by atoms with Crippen LogP contribution in [0.1, 0.15) is 45.6 Å². The number of esters is 1. The molecule has 0 radical (unpaired) electrons. The van der Waals surface area contributed by atoms with Crippen molar-refractivity contribution in [2.75, 3.05) is 57.4 Å². The molecule has 10 heteroatoms. The maximum absolute atomic E-state index is 12.8. The molecule has 0 saturated carbocycles. The van der Waals surface area contributed by atoms with Gasteiger partial charge in [-0.2, -0.15) is 10.4 Å². The van der Waals surface area contributed by atoms with Gasteiger partial charge in [-0.3, -0.25) is 9.69 Å². The molecule has 0 aliphatic carbocycles. The molecule has 0 bridgehead atoms. The summed E-state index contributed by atoms with van der Waals surface area (Å²) in [7, 11) is 0. The van der Waals surface area contributed by atoms with Gasteiger partial charge in [-0.25, -0.2) is 9.50 Å². The molecule has 5 rings (SSSR count). The van der Waals surface area contributed by atoms with Crippen molar-refractivity contribution in [2.24, 2.45) is 5.41 Å². The van der Waals surface area contributed by atoms with E-state index >= 15 is 0 Å². The summed E-state index contributed by atoms with van der Waals surface area (Å²) in [5.41, 5.74) is 2.86. The number of pyridine rings is 2. The highest BCUT2D eigenvalue weighted by Crippen LogP contribution is 2.38. The molecule has 0 N–H and O–H groups in total. The lowest BCUT2D eigenvalue weighted by atomic mass is 9.75. The van der Waals surface area contributed by atoms with Crippen molar-refractivity contribution < 1.29 is 19.0 Å². The molecule has 10 nitrogen and oxygen atoms in total. The number of anilines is 1. The maximum Gasteiger partial charge on any atom is 0.306 e. The van der Waals surface area contributed by atoms with Crippen LogP contribution in [0.2, 0.25) is 0 Å². The van der Waals surface area contributed by atoms with E-state index in [0.717, 1.165) is 81.2 Å². The predicted octanol–water partition coefficient (Wildman–Crippen LogP) is 3.93. The molecular weight excluding hydrogens is 508 g/mol. The monoisotopic (exact) mass is 546 g/mol. The van der Waals surface area contributed by atoms with Crippen molar-refractivity contribution in [3.8, 4) is 22.9 Å². The van der Waals surface area contributed by atoms with E-state index in [-0.39, 0.29) is 17.5 Å². The van der Waals surface area contributed by atoms with Crippen molar-refractivity contribution in [2.45, 2.75) is 46.1 Å². The lowest BCUT2D eigenvalue weighted by Crippen LogP contribution is -2.50. The van der Waals surface area contributed by atoms with E-state index in [9.17, 15) is 10.1 Å². The van der Waals surface area contributed by atoms with E-state index in [4.69, 9.17) is 19.2 Å². The second-order valence-corrected chi connectivity index (χ2v) is 11.0. The number of hydrogen-bond donors (Lipinski definition) is 0. The normalized spacial score (nSPS) is 17.6. The molecule has 0 atom stereocenters. The summed E-state index contributed by atoms with van der Waals surface area (Å²) in [5.74, 6) is 1.47. The molecule has 0 aromatic carbocycles. The van der Waals surface area contributed by atoms with Crippen molar-refractivity contribution in [1.82, 2.24) is 19.5 Å². The van der Waals surface area contributed by atoms with Crippen LogP contribution < -0.4 is 9.64 Å². The lowest BCUT2D eigenvalue weighted by molar-refractivity contribution is -0.151. The van der Waals surface area contributed by atoms with Gasteiger partial charge in [0.25, 0.3) is 0 Å². The van der Waals surface area contributed by atoms with Gasteiger partial charge in [0, 0.05) is 50.0 Å². The van der Waals surface area contributed by atoms with Crippen LogP contribution in [-0.2, 0) is 14.3 Å². The number of morpholine rings is 1. The van der Waals surface area contributed by atoms with Gasteiger partial charge in [0.15, 0.2) is 0 Å².